The Morgan fingerprint density at radius 2 is 1.83 bits per heavy atom. The molecule has 0 aliphatic heterocycles. The maximum Gasteiger partial charge on any atom is 0.296 e. The number of fused-ring (bicyclic) bond motifs is 1. The summed E-state index contributed by atoms with van der Waals surface area (Å²) in [6.07, 6.45) is 1.54. The number of carbonyl (C=O) groups is 1. The predicted molar refractivity (Wildman–Crippen MR) is 126 cm³/mol. The minimum atomic E-state index is -3.74. The molecule has 1 atom stereocenters. The number of anilines is 1. The Balaban J connectivity index is 1.60. The van der Waals surface area contributed by atoms with Crippen LogP contribution in [0.5, 0.6) is 0 Å². The molecule has 0 radical (unpaired) electrons. The summed E-state index contributed by atoms with van der Waals surface area (Å²) in [5.74, 6) is -5.57. The number of aryl methyl sites for hydroxylation is 2. The van der Waals surface area contributed by atoms with Crippen molar-refractivity contribution >= 4 is 17.5 Å². The molecule has 4 aromatic rings. The summed E-state index contributed by atoms with van der Waals surface area (Å²) in [4.78, 5) is 16.9. The molecular formula is C25H24F3N5O2. The molecule has 4 N–H and O–H groups in total. The molecule has 0 bridgehead atoms. The summed E-state index contributed by atoms with van der Waals surface area (Å²) in [5, 5.41) is 16.6. The van der Waals surface area contributed by atoms with Gasteiger partial charge < -0.3 is 16.2 Å². The number of nitrogens with zero attached hydrogens (tertiary/aromatic N) is 3. The van der Waals surface area contributed by atoms with E-state index in [1.807, 2.05) is 0 Å². The lowest BCUT2D eigenvalue weighted by molar-refractivity contribution is -0.173. The topological polar surface area (TPSA) is 106 Å². The van der Waals surface area contributed by atoms with Gasteiger partial charge in [0.1, 0.15) is 5.82 Å². The summed E-state index contributed by atoms with van der Waals surface area (Å²) in [7, 11) is 0. The fourth-order valence-electron chi connectivity index (χ4n) is 3.78. The molecule has 0 spiro atoms. The number of nitrogens with two attached hydrogens (primary N) is 1. The molecule has 0 fully saturated rings. The van der Waals surface area contributed by atoms with Crippen LogP contribution in [0.2, 0.25) is 0 Å². The van der Waals surface area contributed by atoms with Crippen LogP contribution in [0, 0.1) is 19.7 Å². The molecule has 0 aliphatic rings. The number of halogens is 3. The van der Waals surface area contributed by atoms with Gasteiger partial charge in [0, 0.05) is 11.8 Å². The highest BCUT2D eigenvalue weighted by molar-refractivity contribution is 5.97. The van der Waals surface area contributed by atoms with Crippen molar-refractivity contribution in [1.82, 2.24) is 19.9 Å². The van der Waals surface area contributed by atoms with Crippen molar-refractivity contribution in [1.29, 1.82) is 0 Å². The fraction of sp³-hybridized carbons (Fsp3) is 0.240. The second kappa shape index (κ2) is 8.70. The highest BCUT2D eigenvalue weighted by Gasteiger charge is 2.50. The number of alkyl halides is 2. The number of hydrogen-bond acceptors (Lipinski definition) is 5. The minimum Gasteiger partial charge on any atom is -0.379 e. The van der Waals surface area contributed by atoms with Crippen LogP contribution in [0.4, 0.5) is 19.1 Å². The van der Waals surface area contributed by atoms with E-state index >= 15 is 4.39 Å². The number of nitrogen functional groups attached to an aromatic ring is 1. The molecule has 1 amide bonds. The second-order valence-electron chi connectivity index (χ2n) is 8.63. The Morgan fingerprint density at radius 1 is 1.14 bits per heavy atom. The highest BCUT2D eigenvalue weighted by Crippen LogP contribution is 2.37. The first-order valence-electron chi connectivity index (χ1n) is 10.8. The molecule has 7 nitrogen and oxygen atoms in total. The zero-order valence-electron chi connectivity index (χ0n) is 19.3. The number of rotatable bonds is 6. The molecule has 0 saturated heterocycles. The van der Waals surface area contributed by atoms with E-state index in [1.165, 1.54) is 35.7 Å². The van der Waals surface area contributed by atoms with E-state index in [2.05, 4.69) is 15.4 Å². The summed E-state index contributed by atoms with van der Waals surface area (Å²) in [6.45, 7) is 3.08. The van der Waals surface area contributed by atoms with Crippen LogP contribution in [-0.4, -0.2) is 38.1 Å². The quantitative estimate of drug-likeness (QED) is 0.384. The predicted octanol–water partition coefficient (Wildman–Crippen LogP) is 4.01. The van der Waals surface area contributed by atoms with Crippen LogP contribution < -0.4 is 11.1 Å². The largest absolute Gasteiger partial charge is 0.379 e. The molecule has 2 heterocycles. The van der Waals surface area contributed by atoms with Gasteiger partial charge in [-0.25, -0.2) is 17.7 Å². The zero-order chi connectivity index (χ0) is 25.5. The average Bonchev–Trinajstić information content (AvgIpc) is 3.17. The SMILES string of the molecule is Cc1ccc([C@@](C)(O)C(F)(F)CNC(=O)c2c(C)ccc(-c3ccn4nc(N)nc4c3)c2F)cc1. The Bertz CT molecular complexity index is 1410. The van der Waals surface area contributed by atoms with E-state index in [4.69, 9.17) is 5.73 Å². The molecule has 0 aliphatic carbocycles. The summed E-state index contributed by atoms with van der Waals surface area (Å²) >= 11 is 0. The van der Waals surface area contributed by atoms with Crippen LogP contribution in [0.25, 0.3) is 16.8 Å². The minimum absolute atomic E-state index is 0.00350. The molecule has 0 unspecified atom stereocenters. The van der Waals surface area contributed by atoms with Gasteiger partial charge in [-0.15, -0.1) is 5.10 Å². The summed E-state index contributed by atoms with van der Waals surface area (Å²) in [6, 6.07) is 12.1. The van der Waals surface area contributed by atoms with Crippen LogP contribution in [-0.2, 0) is 5.60 Å². The summed E-state index contributed by atoms with van der Waals surface area (Å²) in [5.41, 5.74) is 4.65. The molecule has 2 aromatic carbocycles. The van der Waals surface area contributed by atoms with Crippen LogP contribution in [0.1, 0.15) is 34.0 Å². The second-order valence-corrected chi connectivity index (χ2v) is 8.63. The molecule has 2 aromatic heterocycles. The normalized spacial score (nSPS) is 13.6. The third-order valence-corrected chi connectivity index (χ3v) is 6.04. The van der Waals surface area contributed by atoms with Gasteiger partial charge in [-0.3, -0.25) is 4.79 Å². The lowest BCUT2D eigenvalue weighted by Gasteiger charge is -2.33. The standard InChI is InChI=1S/C25H24F3N5O2/c1-14-4-7-17(8-5-14)24(3,35)25(27,28)13-30-22(34)20-15(2)6-9-18(21(20)26)16-10-11-33-19(12-16)31-23(29)32-33/h4-12,35H,13H2,1-3H3,(H2,29,32)(H,30,34)/t24-/m1/s1. The Labute approximate surface area is 199 Å². The lowest BCUT2D eigenvalue weighted by atomic mass is 9.88. The van der Waals surface area contributed by atoms with Gasteiger partial charge in [-0.05, 0) is 49.6 Å². The first-order valence-corrected chi connectivity index (χ1v) is 10.8. The van der Waals surface area contributed by atoms with Gasteiger partial charge in [-0.2, -0.15) is 4.98 Å². The number of aliphatic hydroxyl groups is 1. The molecule has 182 valence electrons. The first kappa shape index (κ1) is 24.2. The van der Waals surface area contributed by atoms with Crippen molar-refractivity contribution in [2.75, 3.05) is 12.3 Å². The summed E-state index contributed by atoms with van der Waals surface area (Å²) < 4.78 is 46.8. The smallest absolute Gasteiger partial charge is 0.296 e. The highest BCUT2D eigenvalue weighted by atomic mass is 19.3. The van der Waals surface area contributed by atoms with Gasteiger partial charge in [0.2, 0.25) is 5.95 Å². The van der Waals surface area contributed by atoms with Gasteiger partial charge in [0.05, 0.1) is 12.1 Å². The van der Waals surface area contributed by atoms with E-state index in [0.717, 1.165) is 12.5 Å². The first-order chi connectivity index (χ1) is 16.4. The Kier molecular flexibility index (Phi) is 6.02. The van der Waals surface area contributed by atoms with Gasteiger partial charge in [0.25, 0.3) is 11.8 Å². The van der Waals surface area contributed by atoms with Crippen molar-refractivity contribution < 1.29 is 23.1 Å². The van der Waals surface area contributed by atoms with Crippen molar-refractivity contribution in [2.45, 2.75) is 32.3 Å². The van der Waals surface area contributed by atoms with Crippen LogP contribution in [0.15, 0.2) is 54.7 Å². The van der Waals surface area contributed by atoms with Crippen LogP contribution in [0.3, 0.4) is 0 Å². The van der Waals surface area contributed by atoms with E-state index in [-0.39, 0.29) is 28.2 Å². The van der Waals surface area contributed by atoms with Crippen molar-refractivity contribution in [3.8, 4) is 11.1 Å². The van der Waals surface area contributed by atoms with Gasteiger partial charge in [-0.1, -0.05) is 42.0 Å². The number of aromatic nitrogens is 3. The Morgan fingerprint density at radius 3 is 2.51 bits per heavy atom. The van der Waals surface area contributed by atoms with Gasteiger partial charge >= 0.3 is 0 Å². The van der Waals surface area contributed by atoms with E-state index in [1.54, 1.807) is 37.4 Å². The zero-order valence-corrected chi connectivity index (χ0v) is 19.3. The third kappa shape index (κ3) is 4.44. The van der Waals surface area contributed by atoms with Crippen molar-refractivity contribution in [2.24, 2.45) is 0 Å². The van der Waals surface area contributed by atoms with Crippen molar-refractivity contribution in [3.63, 3.8) is 0 Å². The third-order valence-electron chi connectivity index (χ3n) is 6.04. The number of carbonyl (C=O) groups excluding carboxylic acids is 1. The number of hydrogen-bond donors (Lipinski definition) is 3. The fourth-order valence-corrected chi connectivity index (χ4v) is 3.78. The molecule has 10 heteroatoms. The molecule has 4 rings (SSSR count). The number of amides is 1. The monoisotopic (exact) mass is 483 g/mol. The maximum absolute atomic E-state index is 15.5. The maximum atomic E-state index is 15.5. The van der Waals surface area contributed by atoms with Gasteiger partial charge in [0.15, 0.2) is 11.2 Å². The van der Waals surface area contributed by atoms with E-state index < -0.39 is 29.8 Å². The van der Waals surface area contributed by atoms with Crippen molar-refractivity contribution in [3.05, 3.63) is 82.8 Å². The number of nitrogens with one attached hydrogen (secondary N) is 1. The average molecular weight is 483 g/mol. The Hall–Kier alpha value is -3.92. The van der Waals surface area contributed by atoms with E-state index in [9.17, 15) is 18.7 Å². The molecular weight excluding hydrogens is 459 g/mol. The van der Waals surface area contributed by atoms with E-state index in [0.29, 0.717) is 11.2 Å². The molecule has 35 heavy (non-hydrogen) atoms. The lowest BCUT2D eigenvalue weighted by Crippen LogP contribution is -2.50. The number of benzene rings is 2. The molecule has 0 saturated carbocycles. The number of pyridine rings is 1. The van der Waals surface area contributed by atoms with Crippen LogP contribution >= 0.6 is 0 Å².